The first kappa shape index (κ1) is 30.7. The van der Waals surface area contributed by atoms with Crippen LogP contribution in [-0.2, 0) is 22.4 Å². The van der Waals surface area contributed by atoms with Gasteiger partial charge in [-0.2, -0.15) is 0 Å². The van der Waals surface area contributed by atoms with Gasteiger partial charge in [-0.15, -0.1) is 0 Å². The van der Waals surface area contributed by atoms with Crippen molar-refractivity contribution in [3.05, 3.63) is 67.6 Å². The Hall–Kier alpha value is -1.48. The number of amides is 2. The van der Waals surface area contributed by atoms with Gasteiger partial charge in [0, 0.05) is 0 Å². The maximum absolute atomic E-state index is 12.3. The van der Waals surface area contributed by atoms with Crippen LogP contribution in [0, 0.1) is 0 Å². The number of nitrogens with one attached hydrogen (secondary N) is 2. The predicted octanol–water partition coefficient (Wildman–Crippen LogP) is 4.14. The molecule has 0 saturated heterocycles. The van der Waals surface area contributed by atoms with Gasteiger partial charge in [-0.05, 0) is 0 Å². The van der Waals surface area contributed by atoms with Crippen molar-refractivity contribution in [1.82, 2.24) is 10.6 Å². The third-order valence-electron chi connectivity index (χ3n) is 4.50. The molecule has 0 aliphatic carbocycles. The molecule has 2 rings (SSSR count). The molecule has 14 heteroatoms. The number of halogens is 4. The van der Waals surface area contributed by atoms with E-state index in [0.717, 1.165) is 10.6 Å². The van der Waals surface area contributed by atoms with E-state index in [1.165, 1.54) is 0 Å². The SMILES string of the molecule is O=C(NCC[Se][Se]CCNC(=O)/C(Cc1ccc(Cl)c(Cl)c1)=N/O)/C(Cc1ccc(Cl)c(Cl)c1)=N/O. The Balaban J connectivity index is 1.62. The van der Waals surface area contributed by atoms with E-state index in [1.54, 1.807) is 36.4 Å². The third-order valence-corrected chi connectivity index (χ3v) is 13.3. The zero-order valence-corrected chi connectivity index (χ0v) is 25.1. The molecular weight excluding hydrogens is 684 g/mol. The molecule has 0 unspecified atom stereocenters. The van der Waals surface area contributed by atoms with E-state index >= 15 is 0 Å². The quantitative estimate of drug-likeness (QED) is 0.0823. The fraction of sp³-hybridized carbons (Fsp3) is 0.273. The van der Waals surface area contributed by atoms with Crippen LogP contribution in [0.2, 0.25) is 30.7 Å². The van der Waals surface area contributed by atoms with Crippen LogP contribution >= 0.6 is 46.4 Å². The van der Waals surface area contributed by atoms with E-state index < -0.39 is 11.8 Å². The Labute approximate surface area is 239 Å². The van der Waals surface area contributed by atoms with Crippen LogP contribution in [0.3, 0.4) is 0 Å². The van der Waals surface area contributed by atoms with Gasteiger partial charge in [0.2, 0.25) is 0 Å². The van der Waals surface area contributed by atoms with Crippen molar-refractivity contribution in [3.8, 4) is 0 Å². The Morgan fingerprint density at radius 1 is 0.694 bits per heavy atom. The number of hydrogen-bond acceptors (Lipinski definition) is 6. The Morgan fingerprint density at radius 3 is 1.42 bits per heavy atom. The fourth-order valence-electron chi connectivity index (χ4n) is 2.74. The number of carbonyl (C=O) groups excluding carboxylic acids is 2. The van der Waals surface area contributed by atoms with Crippen molar-refractivity contribution < 1.29 is 20.0 Å². The Kier molecular flexibility index (Phi) is 14.0. The molecule has 0 atom stereocenters. The molecule has 4 N–H and O–H groups in total. The molecule has 2 amide bonds. The molecular formula is C22H22Cl4N4O4Se2. The molecule has 0 heterocycles. The van der Waals surface area contributed by atoms with Crippen LogP contribution in [0.1, 0.15) is 11.1 Å². The van der Waals surface area contributed by atoms with Crippen molar-refractivity contribution in [2.75, 3.05) is 13.1 Å². The van der Waals surface area contributed by atoms with Crippen LogP contribution in [-0.4, -0.2) is 73.0 Å². The van der Waals surface area contributed by atoms with Crippen molar-refractivity contribution in [2.24, 2.45) is 10.3 Å². The summed E-state index contributed by atoms with van der Waals surface area (Å²) in [5.74, 6) is -0.895. The maximum atomic E-state index is 12.3. The average Bonchev–Trinajstić information content (AvgIpc) is 2.86. The summed E-state index contributed by atoms with van der Waals surface area (Å²) in [5.41, 5.74) is 1.37. The zero-order chi connectivity index (χ0) is 26.5. The van der Waals surface area contributed by atoms with E-state index in [0.29, 0.717) is 70.6 Å². The minimum absolute atomic E-state index is 0.0173. The van der Waals surface area contributed by atoms with Gasteiger partial charge in [0.25, 0.3) is 0 Å². The van der Waals surface area contributed by atoms with E-state index in [9.17, 15) is 20.0 Å². The third kappa shape index (κ3) is 10.5. The summed E-state index contributed by atoms with van der Waals surface area (Å²) in [6.45, 7) is 0.913. The van der Waals surface area contributed by atoms with Gasteiger partial charge in [-0.25, -0.2) is 0 Å². The average molecular weight is 706 g/mol. The van der Waals surface area contributed by atoms with Crippen molar-refractivity contribution in [3.63, 3.8) is 0 Å². The summed E-state index contributed by atoms with van der Waals surface area (Å²) in [5, 5.41) is 33.2. The number of hydrogen-bond donors (Lipinski definition) is 4. The van der Waals surface area contributed by atoms with E-state index in [4.69, 9.17) is 46.4 Å². The number of benzene rings is 2. The molecule has 0 spiro atoms. The topological polar surface area (TPSA) is 123 Å². The fourth-order valence-corrected chi connectivity index (χ4v) is 9.04. The summed E-state index contributed by atoms with van der Waals surface area (Å²) in [7, 11) is 0. The van der Waals surface area contributed by atoms with Gasteiger partial charge in [-0.3, -0.25) is 0 Å². The molecule has 194 valence electrons. The minimum atomic E-state index is -0.447. The van der Waals surface area contributed by atoms with E-state index in [1.807, 2.05) is 0 Å². The molecule has 0 aliphatic heterocycles. The summed E-state index contributed by atoms with van der Waals surface area (Å²) in [6.07, 6.45) is 0.246. The van der Waals surface area contributed by atoms with Gasteiger partial charge in [0.05, 0.1) is 0 Å². The second kappa shape index (κ2) is 16.4. The summed E-state index contributed by atoms with van der Waals surface area (Å²) in [4.78, 5) is 24.5. The predicted molar refractivity (Wildman–Crippen MR) is 146 cm³/mol. The second-order valence-electron chi connectivity index (χ2n) is 7.10. The molecule has 2 aromatic carbocycles. The van der Waals surface area contributed by atoms with Crippen LogP contribution in [0.25, 0.3) is 0 Å². The number of nitrogens with zero attached hydrogens (tertiary/aromatic N) is 2. The first-order valence-corrected chi connectivity index (χ1v) is 18.6. The molecule has 0 saturated carbocycles. The zero-order valence-electron chi connectivity index (χ0n) is 18.6. The van der Waals surface area contributed by atoms with Gasteiger partial charge in [0.1, 0.15) is 0 Å². The first-order valence-electron chi connectivity index (χ1n) is 10.4. The van der Waals surface area contributed by atoms with Crippen molar-refractivity contribution >= 4 is 95.9 Å². The van der Waals surface area contributed by atoms with Crippen molar-refractivity contribution in [2.45, 2.75) is 23.5 Å². The summed E-state index contributed by atoms with van der Waals surface area (Å²) in [6, 6.07) is 9.89. The number of rotatable bonds is 13. The molecule has 8 nitrogen and oxygen atoms in total. The van der Waals surface area contributed by atoms with Gasteiger partial charge < -0.3 is 0 Å². The van der Waals surface area contributed by atoms with Crippen LogP contribution in [0.5, 0.6) is 0 Å². The van der Waals surface area contributed by atoms with E-state index in [2.05, 4.69) is 20.9 Å². The summed E-state index contributed by atoms with van der Waals surface area (Å²) >= 11 is 24.3. The first-order chi connectivity index (χ1) is 17.2. The van der Waals surface area contributed by atoms with E-state index in [-0.39, 0.29) is 24.3 Å². The van der Waals surface area contributed by atoms with Gasteiger partial charge in [-0.1, -0.05) is 0 Å². The molecule has 2 aromatic rings. The van der Waals surface area contributed by atoms with Crippen LogP contribution in [0.15, 0.2) is 46.7 Å². The normalized spacial score (nSPS) is 11.9. The molecule has 0 aromatic heterocycles. The number of oxime groups is 2. The Bertz CT molecular complexity index is 1050. The van der Waals surface area contributed by atoms with Crippen LogP contribution in [0.4, 0.5) is 0 Å². The molecule has 0 radical (unpaired) electrons. The molecule has 0 aliphatic rings. The summed E-state index contributed by atoms with van der Waals surface area (Å²) < 4.78 is 0. The second-order valence-corrected chi connectivity index (χ2v) is 16.6. The van der Waals surface area contributed by atoms with Gasteiger partial charge in [0.15, 0.2) is 0 Å². The standard InChI is InChI=1S/C22H22Cl4N4O4Se2/c23-15-3-1-13(9-17(15)25)11-19(29-33)21(31)27-5-7-35-36-8-6-28-22(32)20(30-34)12-14-2-4-16(24)18(26)10-14/h1-4,9-10,33-34H,5-8,11-12H2,(H,27,31)(H,28,32)/b29-19+,30-20+. The molecule has 0 bridgehead atoms. The van der Waals surface area contributed by atoms with Gasteiger partial charge >= 0.3 is 241 Å². The number of carbonyl (C=O) groups is 2. The molecule has 0 fully saturated rings. The monoisotopic (exact) mass is 706 g/mol. The Morgan fingerprint density at radius 2 is 1.08 bits per heavy atom. The molecule has 36 heavy (non-hydrogen) atoms. The van der Waals surface area contributed by atoms with Crippen LogP contribution < -0.4 is 10.6 Å². The van der Waals surface area contributed by atoms with Crippen molar-refractivity contribution in [1.29, 1.82) is 0 Å².